The molecule has 1 aromatic heterocycles. The molecule has 7 heteroatoms. The van der Waals surface area contributed by atoms with Gasteiger partial charge < -0.3 is 14.5 Å². The van der Waals surface area contributed by atoms with E-state index < -0.39 is 5.76 Å². The molecule has 0 saturated carbocycles. The van der Waals surface area contributed by atoms with Gasteiger partial charge in [0.25, 0.3) is 0 Å². The molecule has 25 heavy (non-hydrogen) atoms. The Morgan fingerprint density at radius 1 is 1.20 bits per heavy atom. The van der Waals surface area contributed by atoms with Gasteiger partial charge in [0.1, 0.15) is 0 Å². The van der Waals surface area contributed by atoms with Crippen molar-refractivity contribution in [3.63, 3.8) is 0 Å². The number of amides is 1. The zero-order chi connectivity index (χ0) is 17.8. The molecule has 0 aliphatic carbocycles. The highest BCUT2D eigenvalue weighted by Gasteiger charge is 2.21. The molecule has 1 saturated heterocycles. The van der Waals surface area contributed by atoms with Crippen molar-refractivity contribution >= 4 is 17.0 Å². The van der Waals surface area contributed by atoms with Crippen molar-refractivity contribution in [3.8, 4) is 0 Å². The van der Waals surface area contributed by atoms with Gasteiger partial charge in [0.15, 0.2) is 5.58 Å². The molecule has 7 nitrogen and oxygen atoms in total. The fourth-order valence-corrected chi connectivity index (χ4v) is 3.35. The first-order valence-corrected chi connectivity index (χ1v) is 8.76. The second-order valence-corrected chi connectivity index (χ2v) is 6.60. The molecular weight excluding hydrogens is 322 g/mol. The van der Waals surface area contributed by atoms with Crippen molar-refractivity contribution in [1.29, 1.82) is 0 Å². The van der Waals surface area contributed by atoms with Gasteiger partial charge >= 0.3 is 5.76 Å². The summed E-state index contributed by atoms with van der Waals surface area (Å²) in [5.41, 5.74) is 1.26. The van der Waals surface area contributed by atoms with E-state index in [1.807, 2.05) is 18.2 Å². The van der Waals surface area contributed by atoms with Crippen molar-refractivity contribution in [2.45, 2.75) is 39.0 Å². The topological polar surface area (TPSA) is 76.7 Å². The van der Waals surface area contributed by atoms with Crippen LogP contribution in [-0.2, 0) is 16.1 Å². The lowest BCUT2D eigenvalue weighted by Gasteiger charge is -2.35. The van der Waals surface area contributed by atoms with Crippen molar-refractivity contribution in [3.05, 3.63) is 34.8 Å². The van der Waals surface area contributed by atoms with Gasteiger partial charge in [0.05, 0.1) is 17.7 Å². The number of morpholine rings is 1. The minimum atomic E-state index is -0.426. The van der Waals surface area contributed by atoms with Crippen LogP contribution in [0.2, 0.25) is 0 Å². The number of benzene rings is 1. The highest BCUT2D eigenvalue weighted by Crippen LogP contribution is 2.12. The van der Waals surface area contributed by atoms with Crippen molar-refractivity contribution in [2.75, 3.05) is 26.2 Å². The third-order valence-corrected chi connectivity index (χ3v) is 4.38. The van der Waals surface area contributed by atoms with E-state index in [4.69, 9.17) is 9.15 Å². The van der Waals surface area contributed by atoms with Crippen LogP contribution in [0.1, 0.15) is 20.3 Å². The summed E-state index contributed by atoms with van der Waals surface area (Å²) in [6.07, 6.45) is 0.695. The molecular formula is C18H25N3O4. The molecule has 1 aliphatic rings. The summed E-state index contributed by atoms with van der Waals surface area (Å²) in [4.78, 5) is 26.2. The van der Waals surface area contributed by atoms with Gasteiger partial charge in [-0.15, -0.1) is 0 Å². The Morgan fingerprint density at radius 3 is 2.68 bits per heavy atom. The van der Waals surface area contributed by atoms with Crippen molar-refractivity contribution < 1.29 is 13.9 Å². The number of nitrogens with zero attached hydrogens (tertiary/aromatic N) is 2. The lowest BCUT2D eigenvalue weighted by molar-refractivity contribution is -0.121. The van der Waals surface area contributed by atoms with Crippen LogP contribution in [0.3, 0.4) is 0 Å². The number of aromatic nitrogens is 1. The highest BCUT2D eigenvalue weighted by molar-refractivity contribution is 5.76. The molecule has 0 bridgehead atoms. The second kappa shape index (κ2) is 7.84. The summed E-state index contributed by atoms with van der Waals surface area (Å²) in [5, 5.41) is 2.92. The fraction of sp³-hybridized carbons (Fsp3) is 0.556. The highest BCUT2D eigenvalue weighted by atomic mass is 16.5. The van der Waals surface area contributed by atoms with E-state index in [0.717, 1.165) is 25.2 Å². The Kier molecular flexibility index (Phi) is 5.55. The summed E-state index contributed by atoms with van der Waals surface area (Å²) in [6, 6.07) is 7.23. The number of ether oxygens (including phenoxy) is 1. The van der Waals surface area contributed by atoms with Gasteiger partial charge in [0.2, 0.25) is 5.91 Å². The third-order valence-electron chi connectivity index (χ3n) is 4.38. The second-order valence-electron chi connectivity index (χ2n) is 6.60. The lowest BCUT2D eigenvalue weighted by atomic mass is 10.2. The number of carbonyl (C=O) groups excluding carboxylic acids is 1. The van der Waals surface area contributed by atoms with Gasteiger partial charge in [-0.05, 0) is 26.0 Å². The maximum absolute atomic E-state index is 12.1. The smallest absolute Gasteiger partial charge is 0.408 e. The van der Waals surface area contributed by atoms with Crippen LogP contribution >= 0.6 is 0 Å². The van der Waals surface area contributed by atoms with Crippen molar-refractivity contribution in [2.24, 2.45) is 0 Å². The molecule has 1 N–H and O–H groups in total. The minimum absolute atomic E-state index is 0.0634. The Hall–Kier alpha value is -2.12. The van der Waals surface area contributed by atoms with Crippen LogP contribution in [0.25, 0.3) is 11.1 Å². The number of aryl methyl sites for hydroxylation is 1. The first-order valence-electron chi connectivity index (χ1n) is 8.76. The number of hydrogen-bond donors (Lipinski definition) is 1. The van der Waals surface area contributed by atoms with Crippen LogP contribution in [0.4, 0.5) is 0 Å². The fourth-order valence-electron chi connectivity index (χ4n) is 3.35. The summed E-state index contributed by atoms with van der Waals surface area (Å²) >= 11 is 0. The van der Waals surface area contributed by atoms with Crippen LogP contribution in [0.15, 0.2) is 33.5 Å². The van der Waals surface area contributed by atoms with E-state index in [1.165, 1.54) is 4.57 Å². The molecule has 2 atom stereocenters. The number of fused-ring (bicyclic) bond motifs is 1. The average molecular weight is 347 g/mol. The molecule has 1 aromatic carbocycles. The van der Waals surface area contributed by atoms with E-state index in [9.17, 15) is 9.59 Å². The van der Waals surface area contributed by atoms with E-state index >= 15 is 0 Å². The SMILES string of the molecule is C[C@@H]1CN(CCNC(=O)CCn2c(=O)oc3ccccc32)C[C@H](C)O1. The third kappa shape index (κ3) is 4.49. The largest absolute Gasteiger partial charge is 0.419 e. The number of carbonyl (C=O) groups is 1. The normalized spacial score (nSPS) is 21.5. The minimum Gasteiger partial charge on any atom is -0.408 e. The summed E-state index contributed by atoms with van der Waals surface area (Å²) < 4.78 is 12.4. The van der Waals surface area contributed by atoms with E-state index in [1.54, 1.807) is 6.07 Å². The Balaban J connectivity index is 1.45. The molecule has 0 spiro atoms. The summed E-state index contributed by atoms with van der Waals surface area (Å²) in [7, 11) is 0. The van der Waals surface area contributed by atoms with Gasteiger partial charge in [0, 0.05) is 39.1 Å². The molecule has 1 amide bonds. The first kappa shape index (κ1) is 17.7. The summed E-state index contributed by atoms with van der Waals surface area (Å²) in [5.74, 6) is -0.489. The van der Waals surface area contributed by atoms with Crippen LogP contribution in [0, 0.1) is 0 Å². The van der Waals surface area contributed by atoms with Gasteiger partial charge in [-0.2, -0.15) is 0 Å². The number of para-hydroxylation sites is 2. The maximum Gasteiger partial charge on any atom is 0.419 e. The molecule has 1 fully saturated rings. The Bertz CT molecular complexity index is 772. The van der Waals surface area contributed by atoms with E-state index in [-0.39, 0.29) is 24.5 Å². The molecule has 3 rings (SSSR count). The van der Waals surface area contributed by atoms with Gasteiger partial charge in [-0.1, -0.05) is 12.1 Å². The molecule has 0 unspecified atom stereocenters. The molecule has 0 radical (unpaired) electrons. The number of hydrogen-bond acceptors (Lipinski definition) is 5. The van der Waals surface area contributed by atoms with Crippen LogP contribution in [-0.4, -0.2) is 53.8 Å². The average Bonchev–Trinajstić information content (AvgIpc) is 2.87. The lowest BCUT2D eigenvalue weighted by Crippen LogP contribution is -2.47. The zero-order valence-corrected chi connectivity index (χ0v) is 14.7. The molecule has 2 heterocycles. The Morgan fingerprint density at radius 2 is 1.92 bits per heavy atom. The predicted octanol–water partition coefficient (Wildman–Crippen LogP) is 1.21. The maximum atomic E-state index is 12.1. The van der Waals surface area contributed by atoms with Gasteiger partial charge in [-0.3, -0.25) is 14.3 Å². The molecule has 136 valence electrons. The van der Waals surface area contributed by atoms with E-state index in [2.05, 4.69) is 24.1 Å². The Labute approximate surface area is 146 Å². The standard InChI is InChI=1S/C18H25N3O4/c1-13-11-20(12-14(2)24-13)10-8-19-17(22)7-9-21-15-5-3-4-6-16(15)25-18(21)23/h3-6,13-14H,7-12H2,1-2H3,(H,19,22)/t13-,14+. The number of rotatable bonds is 6. The molecule has 1 aliphatic heterocycles. The monoisotopic (exact) mass is 347 g/mol. The van der Waals surface area contributed by atoms with E-state index in [0.29, 0.717) is 18.7 Å². The number of nitrogens with one attached hydrogen (secondary N) is 1. The van der Waals surface area contributed by atoms with Crippen LogP contribution < -0.4 is 11.1 Å². The van der Waals surface area contributed by atoms with Gasteiger partial charge in [-0.25, -0.2) is 4.79 Å². The predicted molar refractivity (Wildman–Crippen MR) is 94.5 cm³/mol. The van der Waals surface area contributed by atoms with Crippen molar-refractivity contribution in [1.82, 2.24) is 14.8 Å². The summed E-state index contributed by atoms with van der Waals surface area (Å²) in [6.45, 7) is 7.61. The quantitative estimate of drug-likeness (QED) is 0.850. The first-order chi connectivity index (χ1) is 12.0. The zero-order valence-electron chi connectivity index (χ0n) is 14.7. The molecule has 2 aromatic rings. The van der Waals surface area contributed by atoms with Crippen LogP contribution in [0.5, 0.6) is 0 Å². The number of oxazole rings is 1.